The topological polar surface area (TPSA) is 0 Å². The first-order valence-electron chi connectivity index (χ1n) is 2.32. The van der Waals surface area contributed by atoms with Crippen LogP contribution in [0.1, 0.15) is 0 Å². The molecule has 48 valence electrons. The fourth-order valence-corrected chi connectivity index (χ4v) is 0.904. The average molecular weight is 229 g/mol. The van der Waals surface area contributed by atoms with Gasteiger partial charge in [-0.2, -0.15) is 4.90 Å². The van der Waals surface area contributed by atoms with Gasteiger partial charge in [-0.1, -0.05) is 15.9 Å². The molecule has 0 aliphatic rings. The number of rotatable bonds is 0. The predicted molar refractivity (Wildman–Crippen MR) is 39.7 cm³/mol. The van der Waals surface area contributed by atoms with Crippen LogP contribution in [-0.2, 0) is 12.6 Å². The molecule has 0 amide bonds. The van der Waals surface area contributed by atoms with Gasteiger partial charge in [0, 0.05) is 0 Å². The fraction of sp³-hybridized carbons (Fsp3) is 0. The van der Waals surface area contributed by atoms with Crippen LogP contribution in [-0.4, -0.2) is 0 Å². The van der Waals surface area contributed by atoms with Gasteiger partial charge < -0.3 is 12.6 Å². The van der Waals surface area contributed by atoms with Crippen LogP contribution in [0.25, 0.3) is 0 Å². The summed E-state index contributed by atoms with van der Waals surface area (Å²) in [7, 11) is 0. The Morgan fingerprint density at radius 1 is 1.40 bits per heavy atom. The number of hydrogen-bond acceptors (Lipinski definition) is 1. The summed E-state index contributed by atoms with van der Waals surface area (Å²) in [6, 6.07) is 4.26. The predicted octanol–water partition coefficient (Wildman–Crippen LogP) is -0.502. The van der Waals surface area contributed by atoms with E-state index in [9.17, 15) is 4.39 Å². The summed E-state index contributed by atoms with van der Waals surface area (Å²) in [6.07, 6.45) is 0. The van der Waals surface area contributed by atoms with E-state index in [1.807, 2.05) is 0 Å². The molecule has 0 radical (unpaired) electrons. The van der Waals surface area contributed by atoms with E-state index >= 15 is 0 Å². The van der Waals surface area contributed by atoms with Crippen LogP contribution in [0.2, 0.25) is 0 Å². The summed E-state index contributed by atoms with van der Waals surface area (Å²) in [6.45, 7) is 0. The van der Waals surface area contributed by atoms with Crippen LogP contribution in [0.15, 0.2) is 27.6 Å². The number of hydrogen-bond donors (Lipinski definition) is 0. The van der Waals surface area contributed by atoms with Gasteiger partial charge in [0.05, 0.1) is 0 Å². The smallest absolute Gasteiger partial charge is 0.779 e. The molecule has 0 bridgehead atoms. The van der Waals surface area contributed by atoms with E-state index in [4.69, 9.17) is 12.6 Å². The molecule has 0 spiro atoms. The van der Waals surface area contributed by atoms with E-state index in [0.717, 1.165) is 4.47 Å². The molecule has 10 heavy (non-hydrogen) atoms. The summed E-state index contributed by atoms with van der Waals surface area (Å²) in [4.78, 5) is 0.509. The fourth-order valence-electron chi connectivity index (χ4n) is 0.477. The largest absolute Gasteiger partial charge is 1.00 e. The van der Waals surface area contributed by atoms with Crippen molar-refractivity contribution in [1.82, 2.24) is 0 Å². The molecule has 4 heteroatoms. The van der Waals surface area contributed by atoms with Crippen LogP contribution in [0.3, 0.4) is 0 Å². The summed E-state index contributed by atoms with van der Waals surface area (Å²) in [5.41, 5.74) is 0. The van der Waals surface area contributed by atoms with Gasteiger partial charge in [0.1, 0.15) is 5.82 Å². The molecule has 0 heterocycles. The van der Waals surface area contributed by atoms with Crippen molar-refractivity contribution < 1.29 is 33.9 Å². The second kappa shape index (κ2) is 4.67. The zero-order chi connectivity index (χ0) is 6.85. The zero-order valence-corrected chi connectivity index (χ0v) is 9.80. The third-order valence-corrected chi connectivity index (χ3v) is 2.18. The van der Waals surface area contributed by atoms with E-state index in [1.165, 1.54) is 12.1 Å². The minimum Gasteiger partial charge on any atom is -0.779 e. The maximum absolute atomic E-state index is 12.3. The van der Waals surface area contributed by atoms with Crippen LogP contribution >= 0.6 is 15.9 Å². The van der Waals surface area contributed by atoms with Crippen molar-refractivity contribution in [2.75, 3.05) is 0 Å². The maximum Gasteiger partial charge on any atom is 1.00 e. The molecular formula is C6H3BrFNaS. The molecule has 0 aliphatic carbocycles. The molecule has 0 saturated carbocycles. The third-order valence-electron chi connectivity index (χ3n) is 0.893. The van der Waals surface area contributed by atoms with E-state index in [-0.39, 0.29) is 35.4 Å². The molecule has 0 atom stereocenters. The molecule has 1 aromatic rings. The van der Waals surface area contributed by atoms with Gasteiger partial charge in [-0.15, -0.1) is 0 Å². The Balaban J connectivity index is 0.000000810. The Morgan fingerprint density at radius 3 is 2.40 bits per heavy atom. The summed E-state index contributed by atoms with van der Waals surface area (Å²) < 4.78 is 13.0. The first-order valence-corrected chi connectivity index (χ1v) is 3.52. The van der Waals surface area contributed by atoms with Gasteiger partial charge in [0.25, 0.3) is 0 Å². The van der Waals surface area contributed by atoms with Crippen molar-refractivity contribution in [1.29, 1.82) is 0 Å². The number of halogens is 2. The minimum atomic E-state index is -0.289. The summed E-state index contributed by atoms with van der Waals surface area (Å²) in [5, 5.41) is 0. The van der Waals surface area contributed by atoms with Crippen LogP contribution in [0.5, 0.6) is 0 Å². The average Bonchev–Trinajstić information content (AvgIpc) is 1.80. The van der Waals surface area contributed by atoms with Crippen molar-refractivity contribution in [2.45, 2.75) is 4.90 Å². The summed E-state index contributed by atoms with van der Waals surface area (Å²) >= 11 is 7.91. The van der Waals surface area contributed by atoms with Gasteiger partial charge in [-0.05, 0) is 22.7 Å². The van der Waals surface area contributed by atoms with Crippen LogP contribution in [0, 0.1) is 5.82 Å². The standard InChI is InChI=1S/C6H4BrFS.Na/c7-5-2-1-4(8)3-6(5)9;/h1-3,9H;/q;+1/p-1. The molecule has 0 aromatic heterocycles. The quantitative estimate of drug-likeness (QED) is 0.427. The Hall–Kier alpha value is 0.850. The SMILES string of the molecule is Fc1ccc(Br)c([S-])c1.[Na+]. The monoisotopic (exact) mass is 228 g/mol. The molecule has 0 nitrogen and oxygen atoms in total. The Kier molecular flexibility index (Phi) is 5.07. The molecule has 0 saturated heterocycles. The second-order valence-electron chi connectivity index (χ2n) is 1.57. The Morgan fingerprint density at radius 2 is 2.00 bits per heavy atom. The van der Waals surface area contributed by atoms with E-state index < -0.39 is 0 Å². The van der Waals surface area contributed by atoms with Crippen molar-refractivity contribution in [3.63, 3.8) is 0 Å². The molecule has 1 rings (SSSR count). The maximum atomic E-state index is 12.3. The van der Waals surface area contributed by atoms with Crippen molar-refractivity contribution >= 4 is 28.6 Å². The van der Waals surface area contributed by atoms with Gasteiger partial charge >= 0.3 is 29.6 Å². The van der Waals surface area contributed by atoms with Gasteiger partial charge in [0.15, 0.2) is 0 Å². The van der Waals surface area contributed by atoms with E-state index in [0.29, 0.717) is 4.90 Å². The van der Waals surface area contributed by atoms with Crippen LogP contribution in [0.4, 0.5) is 4.39 Å². The van der Waals surface area contributed by atoms with Gasteiger partial charge in [-0.3, -0.25) is 0 Å². The van der Waals surface area contributed by atoms with E-state index in [2.05, 4.69) is 15.9 Å². The van der Waals surface area contributed by atoms with Crippen molar-refractivity contribution in [2.24, 2.45) is 0 Å². The normalized spacial score (nSPS) is 8.60. The molecule has 1 aromatic carbocycles. The second-order valence-corrected chi connectivity index (χ2v) is 2.87. The number of benzene rings is 1. The molecule has 0 unspecified atom stereocenters. The molecule has 0 N–H and O–H groups in total. The van der Waals surface area contributed by atoms with E-state index in [1.54, 1.807) is 6.07 Å². The minimum absolute atomic E-state index is 0. The first kappa shape index (κ1) is 10.8. The van der Waals surface area contributed by atoms with Gasteiger partial charge in [-0.25, -0.2) is 4.39 Å². The van der Waals surface area contributed by atoms with Gasteiger partial charge in [0.2, 0.25) is 0 Å². The van der Waals surface area contributed by atoms with Crippen LogP contribution < -0.4 is 29.6 Å². The molecule has 0 fully saturated rings. The third kappa shape index (κ3) is 2.84. The summed E-state index contributed by atoms with van der Waals surface area (Å²) in [5.74, 6) is -0.289. The zero-order valence-electron chi connectivity index (χ0n) is 5.40. The van der Waals surface area contributed by atoms with Crippen molar-refractivity contribution in [3.8, 4) is 0 Å². The molecule has 0 aliphatic heterocycles. The molecular weight excluding hydrogens is 226 g/mol. The Bertz CT molecular complexity index is 229. The van der Waals surface area contributed by atoms with Crippen molar-refractivity contribution in [3.05, 3.63) is 28.5 Å². The Labute approximate surface area is 95.0 Å². The first-order chi connectivity index (χ1) is 4.20.